The summed E-state index contributed by atoms with van der Waals surface area (Å²) in [6.45, 7) is 0. The Hall–Kier alpha value is -1.73. The minimum Gasteiger partial charge on any atom is -0.465 e. The molecule has 0 aliphatic carbocycles. The molecule has 0 spiro atoms. The molecule has 2 rings (SSSR count). The van der Waals surface area contributed by atoms with Crippen molar-refractivity contribution in [3.05, 3.63) is 51.1 Å². The van der Waals surface area contributed by atoms with Crippen molar-refractivity contribution in [2.75, 3.05) is 12.4 Å². The standard InChI is InChI=1S/C13H9BrFNO3S/c1-19-13(18)7-4-11(20-6-7)16-12(17)9-5-8(14)2-3-10(9)15/h2-6H,1H3,(H,16,17). The first-order valence-corrected chi connectivity index (χ1v) is 7.12. The molecule has 0 saturated carbocycles. The first-order chi connectivity index (χ1) is 9.51. The number of carbonyl (C=O) groups is 2. The van der Waals surface area contributed by atoms with E-state index < -0.39 is 17.7 Å². The lowest BCUT2D eigenvalue weighted by molar-refractivity contribution is 0.0601. The molecule has 7 heteroatoms. The van der Waals surface area contributed by atoms with Crippen molar-refractivity contribution in [1.29, 1.82) is 0 Å². The number of benzene rings is 1. The van der Waals surface area contributed by atoms with E-state index >= 15 is 0 Å². The van der Waals surface area contributed by atoms with E-state index in [1.54, 1.807) is 5.38 Å². The van der Waals surface area contributed by atoms with Crippen molar-refractivity contribution in [1.82, 2.24) is 0 Å². The second-order valence-corrected chi connectivity index (χ2v) is 5.60. The normalized spacial score (nSPS) is 10.2. The highest BCUT2D eigenvalue weighted by molar-refractivity contribution is 9.10. The summed E-state index contributed by atoms with van der Waals surface area (Å²) in [6.07, 6.45) is 0. The molecule has 1 amide bonds. The van der Waals surface area contributed by atoms with Gasteiger partial charge in [-0.05, 0) is 24.3 Å². The number of anilines is 1. The highest BCUT2D eigenvalue weighted by Crippen LogP contribution is 2.23. The molecule has 0 aliphatic heterocycles. The fourth-order valence-corrected chi connectivity index (χ4v) is 2.60. The maximum atomic E-state index is 13.6. The van der Waals surface area contributed by atoms with Crippen molar-refractivity contribution in [3.8, 4) is 0 Å². The molecule has 1 aromatic heterocycles. The fourth-order valence-electron chi connectivity index (χ4n) is 1.48. The van der Waals surface area contributed by atoms with Crippen LogP contribution in [0.4, 0.5) is 9.39 Å². The van der Waals surface area contributed by atoms with Crippen molar-refractivity contribution in [2.24, 2.45) is 0 Å². The summed E-state index contributed by atoms with van der Waals surface area (Å²) in [5.74, 6) is -1.69. The highest BCUT2D eigenvalue weighted by Gasteiger charge is 2.15. The molecule has 1 heterocycles. The second kappa shape index (κ2) is 6.15. The first kappa shape index (κ1) is 14.7. The predicted octanol–water partition coefficient (Wildman–Crippen LogP) is 3.69. The molecule has 1 N–H and O–H groups in total. The number of hydrogen-bond acceptors (Lipinski definition) is 4. The third-order valence-electron chi connectivity index (χ3n) is 2.43. The third-order valence-corrected chi connectivity index (χ3v) is 3.77. The number of rotatable bonds is 3. The Morgan fingerprint density at radius 2 is 2.10 bits per heavy atom. The summed E-state index contributed by atoms with van der Waals surface area (Å²) < 4.78 is 18.7. The fraction of sp³-hybridized carbons (Fsp3) is 0.0769. The van der Waals surface area contributed by atoms with E-state index in [0.29, 0.717) is 15.0 Å². The van der Waals surface area contributed by atoms with Gasteiger partial charge in [0.05, 0.1) is 23.2 Å². The summed E-state index contributed by atoms with van der Waals surface area (Å²) >= 11 is 4.34. The number of ether oxygens (including phenoxy) is 1. The van der Waals surface area contributed by atoms with Gasteiger partial charge >= 0.3 is 5.97 Å². The monoisotopic (exact) mass is 357 g/mol. The number of thiophene rings is 1. The lowest BCUT2D eigenvalue weighted by atomic mass is 10.2. The van der Waals surface area contributed by atoms with E-state index in [4.69, 9.17) is 0 Å². The average Bonchev–Trinajstić information content (AvgIpc) is 2.89. The van der Waals surface area contributed by atoms with E-state index in [1.807, 2.05) is 0 Å². The van der Waals surface area contributed by atoms with Crippen LogP contribution in [0.3, 0.4) is 0 Å². The van der Waals surface area contributed by atoms with Crippen LogP contribution in [0.1, 0.15) is 20.7 Å². The van der Waals surface area contributed by atoms with Gasteiger partial charge in [0.1, 0.15) is 5.82 Å². The number of hydrogen-bond donors (Lipinski definition) is 1. The summed E-state index contributed by atoms with van der Waals surface area (Å²) in [5, 5.41) is 4.53. The van der Waals surface area contributed by atoms with Crippen molar-refractivity contribution < 1.29 is 18.7 Å². The highest BCUT2D eigenvalue weighted by atomic mass is 79.9. The Labute approximate surface area is 126 Å². The molecule has 0 bridgehead atoms. The Morgan fingerprint density at radius 1 is 1.35 bits per heavy atom. The van der Waals surface area contributed by atoms with Crippen molar-refractivity contribution >= 4 is 44.1 Å². The minimum absolute atomic E-state index is 0.0765. The molecular formula is C13H9BrFNO3S. The maximum absolute atomic E-state index is 13.6. The van der Waals surface area contributed by atoms with Crippen LogP contribution in [0, 0.1) is 5.82 Å². The average molecular weight is 358 g/mol. The van der Waals surface area contributed by atoms with Gasteiger partial charge in [-0.3, -0.25) is 4.79 Å². The number of methoxy groups -OCH3 is 1. The maximum Gasteiger partial charge on any atom is 0.338 e. The molecule has 0 saturated heterocycles. The number of nitrogens with one attached hydrogen (secondary N) is 1. The summed E-state index contributed by atoms with van der Waals surface area (Å²) in [6, 6.07) is 5.57. The number of halogens is 2. The Balaban J connectivity index is 2.17. The van der Waals surface area contributed by atoms with Crippen LogP contribution in [0.25, 0.3) is 0 Å². The molecule has 0 aliphatic rings. The van der Waals surface area contributed by atoms with Gasteiger partial charge in [0.2, 0.25) is 0 Å². The SMILES string of the molecule is COC(=O)c1csc(NC(=O)c2cc(Br)ccc2F)c1. The van der Waals surface area contributed by atoms with Crippen LogP contribution < -0.4 is 5.32 Å². The van der Waals surface area contributed by atoms with Gasteiger partial charge in [-0.25, -0.2) is 9.18 Å². The molecule has 0 radical (unpaired) electrons. The van der Waals surface area contributed by atoms with Crippen LogP contribution in [-0.2, 0) is 4.74 Å². The van der Waals surface area contributed by atoms with Crippen molar-refractivity contribution in [3.63, 3.8) is 0 Å². The van der Waals surface area contributed by atoms with Gasteiger partial charge in [-0.15, -0.1) is 11.3 Å². The van der Waals surface area contributed by atoms with Crippen molar-refractivity contribution in [2.45, 2.75) is 0 Å². The van der Waals surface area contributed by atoms with Gasteiger partial charge in [0.25, 0.3) is 5.91 Å². The van der Waals surface area contributed by atoms with Gasteiger partial charge in [-0.1, -0.05) is 15.9 Å². The van der Waals surface area contributed by atoms with E-state index in [0.717, 1.165) is 11.3 Å². The molecule has 0 fully saturated rings. The zero-order valence-electron chi connectivity index (χ0n) is 10.3. The van der Waals surface area contributed by atoms with Crippen LogP contribution in [-0.4, -0.2) is 19.0 Å². The molecule has 20 heavy (non-hydrogen) atoms. The van der Waals surface area contributed by atoms with E-state index in [2.05, 4.69) is 26.0 Å². The largest absolute Gasteiger partial charge is 0.465 e. The molecule has 0 unspecified atom stereocenters. The Morgan fingerprint density at radius 3 is 2.80 bits per heavy atom. The molecular weight excluding hydrogens is 349 g/mol. The van der Waals surface area contributed by atoms with E-state index in [9.17, 15) is 14.0 Å². The smallest absolute Gasteiger partial charge is 0.338 e. The zero-order chi connectivity index (χ0) is 14.7. The molecule has 1 aromatic carbocycles. The summed E-state index contributed by atoms with van der Waals surface area (Å²) in [5.41, 5.74) is 0.259. The van der Waals surface area contributed by atoms with Gasteiger partial charge < -0.3 is 10.1 Å². The Kier molecular flexibility index (Phi) is 4.51. The molecule has 4 nitrogen and oxygen atoms in total. The van der Waals surface area contributed by atoms with Gasteiger partial charge in [0, 0.05) is 9.85 Å². The lowest BCUT2D eigenvalue weighted by Crippen LogP contribution is -2.13. The van der Waals surface area contributed by atoms with E-state index in [-0.39, 0.29) is 5.56 Å². The van der Waals surface area contributed by atoms with Crippen LogP contribution in [0.15, 0.2) is 34.1 Å². The number of carbonyl (C=O) groups excluding carboxylic acids is 2. The lowest BCUT2D eigenvalue weighted by Gasteiger charge is -2.04. The quantitative estimate of drug-likeness (QED) is 0.852. The summed E-state index contributed by atoms with van der Waals surface area (Å²) in [7, 11) is 1.27. The molecule has 0 atom stereocenters. The van der Waals surface area contributed by atoms with Crippen LogP contribution in [0.5, 0.6) is 0 Å². The second-order valence-electron chi connectivity index (χ2n) is 3.77. The third kappa shape index (κ3) is 3.23. The van der Waals surface area contributed by atoms with Gasteiger partial charge in [-0.2, -0.15) is 0 Å². The molecule has 2 aromatic rings. The zero-order valence-corrected chi connectivity index (χ0v) is 12.7. The van der Waals surface area contributed by atoms with E-state index in [1.165, 1.54) is 31.4 Å². The number of esters is 1. The predicted molar refractivity (Wildman–Crippen MR) is 77.7 cm³/mol. The van der Waals surface area contributed by atoms with Gasteiger partial charge in [0.15, 0.2) is 0 Å². The number of amides is 1. The van der Waals surface area contributed by atoms with Crippen LogP contribution in [0.2, 0.25) is 0 Å². The minimum atomic E-state index is -0.615. The van der Waals surface area contributed by atoms with Crippen LogP contribution >= 0.6 is 27.3 Å². The first-order valence-electron chi connectivity index (χ1n) is 5.44. The molecule has 104 valence electrons. The summed E-state index contributed by atoms with van der Waals surface area (Å²) in [4.78, 5) is 23.2. The topological polar surface area (TPSA) is 55.4 Å². The Bertz CT molecular complexity index is 671.